The Morgan fingerprint density at radius 2 is 1.86 bits per heavy atom. The van der Waals surface area contributed by atoms with Crippen LogP contribution in [0.2, 0.25) is 5.02 Å². The smallest absolute Gasteiger partial charge is 0.343 e. The zero-order valence-electron chi connectivity index (χ0n) is 21.4. The fraction of sp³-hybridized carbons (Fsp3) is 0.333. The fourth-order valence-corrected chi connectivity index (χ4v) is 3.85. The van der Waals surface area contributed by atoms with Crippen molar-refractivity contribution in [2.45, 2.75) is 52.6 Å². The molecular weight excluding hydrogens is 496 g/mol. The fourth-order valence-electron chi connectivity index (χ4n) is 3.73. The second kappa shape index (κ2) is 10.8. The van der Waals surface area contributed by atoms with Crippen LogP contribution >= 0.6 is 11.6 Å². The summed E-state index contributed by atoms with van der Waals surface area (Å²) < 4.78 is 11.8. The maximum atomic E-state index is 12.9. The number of nitrogens with zero attached hydrogens (tertiary/aromatic N) is 3. The van der Waals surface area contributed by atoms with Gasteiger partial charge in [0.2, 0.25) is 0 Å². The molecule has 194 valence electrons. The molecule has 0 saturated carbocycles. The number of benzene rings is 2. The van der Waals surface area contributed by atoms with E-state index < -0.39 is 5.97 Å². The standard InChI is InChI=1S/C27H30ClN4O5/c1-17-24(23-16-35-25(22(23)14-29-17)19-10-12-21(28)13-11-19)37-26(33)20-8-6-18(7-9-20)15-36-30-32(34)31(5)27(2,3)4/h6-14,25H,15-16H2,1-5H3,(H,30,34)/q+1/t25-/m0/s1. The van der Waals surface area contributed by atoms with Gasteiger partial charge in [0, 0.05) is 27.9 Å². The molecule has 0 spiro atoms. The summed E-state index contributed by atoms with van der Waals surface area (Å²) in [6, 6.07) is 14.2. The number of aromatic nitrogens is 1. The van der Waals surface area contributed by atoms with Crippen LogP contribution < -0.4 is 10.3 Å². The maximum Gasteiger partial charge on any atom is 0.343 e. The third-order valence-electron chi connectivity index (χ3n) is 6.21. The molecule has 0 amide bonds. The third kappa shape index (κ3) is 6.07. The highest BCUT2D eigenvalue weighted by atomic mass is 35.5. The predicted octanol–water partition coefficient (Wildman–Crippen LogP) is 5.24. The molecule has 1 aliphatic rings. The van der Waals surface area contributed by atoms with E-state index in [1.807, 2.05) is 45.0 Å². The minimum absolute atomic E-state index is 0.130. The largest absolute Gasteiger partial charge is 0.421 e. The number of halogens is 1. The number of carbonyl (C=O) groups excluding carboxylic acids is 1. The SMILES string of the molecule is Cc1ncc2c(c1OC(=O)c1ccc(CON[N+](=O)N(C)C(C)(C)C)cc1)CO[C@H]2c1ccc(Cl)cc1. The second-order valence-corrected chi connectivity index (χ2v) is 10.2. The van der Waals surface area contributed by atoms with E-state index in [9.17, 15) is 9.70 Å². The van der Waals surface area contributed by atoms with Crippen LogP contribution in [0.15, 0.2) is 54.7 Å². The van der Waals surface area contributed by atoms with Crippen LogP contribution in [0.1, 0.15) is 65.2 Å². The molecule has 0 saturated heterocycles. The number of aryl methyl sites for hydroxylation is 1. The van der Waals surface area contributed by atoms with Gasteiger partial charge in [-0.3, -0.25) is 4.98 Å². The van der Waals surface area contributed by atoms with Gasteiger partial charge >= 0.3 is 5.97 Å². The molecule has 3 aromatic rings. The summed E-state index contributed by atoms with van der Waals surface area (Å²) in [7, 11) is 1.66. The summed E-state index contributed by atoms with van der Waals surface area (Å²) in [5, 5.41) is 2.11. The quantitative estimate of drug-likeness (QED) is 0.242. The highest BCUT2D eigenvalue weighted by Gasteiger charge is 2.31. The summed E-state index contributed by atoms with van der Waals surface area (Å²) in [6.45, 7) is 7.95. The van der Waals surface area contributed by atoms with E-state index in [2.05, 4.69) is 10.6 Å². The van der Waals surface area contributed by atoms with E-state index in [0.29, 0.717) is 33.6 Å². The molecular formula is C27H30ClN4O5+. The van der Waals surface area contributed by atoms with Gasteiger partial charge in [-0.1, -0.05) is 35.9 Å². The van der Waals surface area contributed by atoms with Gasteiger partial charge in [-0.05, 0) is 63.1 Å². The van der Waals surface area contributed by atoms with Crippen LogP contribution in [0.4, 0.5) is 0 Å². The molecule has 1 N–H and O–H groups in total. The number of nitrogens with one attached hydrogen (secondary N) is 1. The van der Waals surface area contributed by atoms with Crippen LogP contribution in [0, 0.1) is 11.8 Å². The Balaban J connectivity index is 1.40. The van der Waals surface area contributed by atoms with Crippen molar-refractivity contribution in [3.8, 4) is 5.75 Å². The van der Waals surface area contributed by atoms with Gasteiger partial charge in [0.05, 0.1) is 35.4 Å². The van der Waals surface area contributed by atoms with Crippen LogP contribution in [-0.4, -0.2) is 33.5 Å². The van der Waals surface area contributed by atoms with Gasteiger partial charge < -0.3 is 9.47 Å². The van der Waals surface area contributed by atoms with Gasteiger partial charge in [-0.2, -0.15) is 0 Å². The average molecular weight is 526 g/mol. The summed E-state index contributed by atoms with van der Waals surface area (Å²) in [6.07, 6.45) is 1.46. The van der Waals surface area contributed by atoms with E-state index in [0.717, 1.165) is 22.3 Å². The van der Waals surface area contributed by atoms with Crippen LogP contribution in [0.5, 0.6) is 5.75 Å². The van der Waals surface area contributed by atoms with Crippen molar-refractivity contribution < 1.29 is 24.1 Å². The lowest BCUT2D eigenvalue weighted by molar-refractivity contribution is -0.796. The van der Waals surface area contributed by atoms with Crippen molar-refractivity contribution in [2.75, 3.05) is 7.05 Å². The highest BCUT2D eigenvalue weighted by molar-refractivity contribution is 6.30. The molecule has 4 rings (SSSR count). The lowest BCUT2D eigenvalue weighted by Crippen LogP contribution is -2.49. The summed E-state index contributed by atoms with van der Waals surface area (Å²) >= 11 is 6.02. The average Bonchev–Trinajstić information content (AvgIpc) is 3.29. The molecule has 37 heavy (non-hydrogen) atoms. The highest BCUT2D eigenvalue weighted by Crippen LogP contribution is 2.41. The summed E-state index contributed by atoms with van der Waals surface area (Å²) in [5.74, 6) is -0.0922. The number of ether oxygens (including phenoxy) is 2. The van der Waals surface area contributed by atoms with Crippen molar-refractivity contribution in [2.24, 2.45) is 0 Å². The molecule has 0 radical (unpaired) electrons. The number of hydrogen-bond donors (Lipinski definition) is 1. The third-order valence-corrected chi connectivity index (χ3v) is 6.46. The predicted molar refractivity (Wildman–Crippen MR) is 138 cm³/mol. The summed E-state index contributed by atoms with van der Waals surface area (Å²) in [4.78, 5) is 35.2. The molecule has 10 heteroatoms. The van der Waals surface area contributed by atoms with Gasteiger partial charge in [0.15, 0.2) is 5.75 Å². The van der Waals surface area contributed by atoms with Crippen LogP contribution in [-0.2, 0) is 22.8 Å². The normalized spacial score (nSPS) is 14.7. The Kier molecular flexibility index (Phi) is 7.77. The molecule has 1 aromatic heterocycles. The number of carbonyl (C=O) groups is 1. The first-order chi connectivity index (χ1) is 17.5. The van der Waals surface area contributed by atoms with E-state index in [1.54, 1.807) is 44.4 Å². The lowest BCUT2D eigenvalue weighted by Gasteiger charge is -2.22. The first-order valence-corrected chi connectivity index (χ1v) is 12.2. The first-order valence-electron chi connectivity index (χ1n) is 11.8. The Morgan fingerprint density at radius 3 is 2.51 bits per heavy atom. The Bertz CT molecular complexity index is 1290. The molecule has 0 bridgehead atoms. The van der Waals surface area contributed by atoms with Gasteiger partial charge in [0.25, 0.3) is 4.98 Å². The molecule has 2 heterocycles. The Hall–Kier alpha value is -3.53. The molecule has 1 aliphatic heterocycles. The Labute approximate surface area is 220 Å². The van der Waals surface area contributed by atoms with Crippen LogP contribution in [0.25, 0.3) is 0 Å². The van der Waals surface area contributed by atoms with Crippen molar-refractivity contribution in [1.29, 1.82) is 0 Å². The van der Waals surface area contributed by atoms with Gasteiger partial charge in [0.1, 0.15) is 12.7 Å². The van der Waals surface area contributed by atoms with Crippen molar-refractivity contribution in [3.05, 3.63) is 98.2 Å². The second-order valence-electron chi connectivity index (χ2n) is 9.78. The zero-order valence-corrected chi connectivity index (χ0v) is 22.2. The van der Waals surface area contributed by atoms with Crippen molar-refractivity contribution in [3.63, 3.8) is 0 Å². The van der Waals surface area contributed by atoms with Gasteiger partial charge in [-0.25, -0.2) is 9.63 Å². The van der Waals surface area contributed by atoms with E-state index >= 15 is 0 Å². The number of hydrazine groups is 2. The first kappa shape index (κ1) is 26.5. The molecule has 9 nitrogen and oxygen atoms in total. The number of rotatable bonds is 8. The molecule has 2 aromatic carbocycles. The molecule has 0 aliphatic carbocycles. The zero-order chi connectivity index (χ0) is 26.7. The number of pyridine rings is 1. The van der Waals surface area contributed by atoms with E-state index in [4.69, 9.17) is 25.9 Å². The van der Waals surface area contributed by atoms with Crippen molar-refractivity contribution in [1.82, 2.24) is 15.6 Å². The summed E-state index contributed by atoms with van der Waals surface area (Å²) in [5.41, 5.74) is 6.34. The van der Waals surface area contributed by atoms with E-state index in [-0.39, 0.29) is 18.2 Å². The number of hydrogen-bond acceptors (Lipinski definition) is 6. The number of esters is 1. The number of fused-ring (bicyclic) bond motifs is 1. The monoisotopic (exact) mass is 525 g/mol. The minimum Gasteiger partial charge on any atom is -0.421 e. The topological polar surface area (TPSA) is 93.0 Å². The van der Waals surface area contributed by atoms with Crippen LogP contribution in [0.3, 0.4) is 0 Å². The van der Waals surface area contributed by atoms with Crippen molar-refractivity contribution >= 4 is 17.6 Å². The maximum absolute atomic E-state index is 12.9. The Morgan fingerprint density at radius 1 is 1.19 bits per heavy atom. The lowest BCUT2D eigenvalue weighted by atomic mass is 10.0. The molecule has 1 atom stereocenters. The number of nitroso groups, excluding NO2 is 1. The minimum atomic E-state index is -0.503. The molecule has 0 unspecified atom stereocenters. The van der Waals surface area contributed by atoms with E-state index in [1.165, 1.54) is 5.01 Å². The van der Waals surface area contributed by atoms with Gasteiger partial charge in [-0.15, -0.1) is 5.01 Å². The molecule has 0 fully saturated rings.